The molecule has 2 rings (SSSR count). The third kappa shape index (κ3) is 7.92. The average Bonchev–Trinajstić information content (AvgIpc) is 2.76. The van der Waals surface area contributed by atoms with Gasteiger partial charge in [-0.25, -0.2) is 8.42 Å². The lowest BCUT2D eigenvalue weighted by molar-refractivity contribution is 0.395. The number of phenols is 2. The van der Waals surface area contributed by atoms with Crippen LogP contribution in [-0.2, 0) is 53.2 Å². The van der Waals surface area contributed by atoms with Crippen LogP contribution in [0.25, 0.3) is 0 Å². The van der Waals surface area contributed by atoms with Crippen LogP contribution in [0.2, 0.25) is 0 Å². The van der Waals surface area contributed by atoms with E-state index in [1.54, 1.807) is 0 Å². The van der Waals surface area contributed by atoms with Crippen LogP contribution in [0.3, 0.4) is 0 Å². The number of aromatic hydroxyl groups is 2. The van der Waals surface area contributed by atoms with Gasteiger partial charge in [0.05, 0.1) is 9.79 Å². The molecule has 0 aliphatic heterocycles. The molecule has 49 heavy (non-hydrogen) atoms. The maximum atomic E-state index is 16.7. The molecule has 0 saturated heterocycles. The molecule has 0 fully saturated rings. The Balaban J connectivity index is 3.98. The van der Waals surface area contributed by atoms with Crippen LogP contribution in [0.5, 0.6) is 11.5 Å². The first-order chi connectivity index (χ1) is 21.0. The summed E-state index contributed by atoms with van der Waals surface area (Å²) in [6, 6.07) is 0. The van der Waals surface area contributed by atoms with Crippen LogP contribution in [0.1, 0.15) is 211 Å². The Kier molecular flexibility index (Phi) is 10.6. The molecule has 2 aromatic carbocycles. The molecule has 4 nitrogen and oxygen atoms in total. The van der Waals surface area contributed by atoms with E-state index < -0.39 is 53.2 Å². The fraction of sp³-hybridized carbons (Fsp3) is 0.727. The van der Waals surface area contributed by atoms with Crippen molar-refractivity contribution < 1.29 is 18.6 Å². The highest BCUT2D eigenvalue weighted by atomic mass is 32.2. The maximum Gasteiger partial charge on any atom is 0.207 e. The molecule has 0 saturated carbocycles. The van der Waals surface area contributed by atoms with E-state index in [1.165, 1.54) is 0 Å². The Hall–Kier alpha value is -2.01. The normalized spacial score (nSPS) is 14.9. The first kappa shape index (κ1) is 43.2. The quantitative estimate of drug-likeness (QED) is 0.327. The van der Waals surface area contributed by atoms with Gasteiger partial charge >= 0.3 is 0 Å². The molecular formula is C44H74O4S. The Labute approximate surface area is 302 Å². The van der Waals surface area contributed by atoms with Gasteiger partial charge in [0.1, 0.15) is 11.5 Å². The van der Waals surface area contributed by atoms with Crippen molar-refractivity contribution in [3.05, 3.63) is 44.5 Å². The van der Waals surface area contributed by atoms with Gasteiger partial charge in [-0.3, -0.25) is 0 Å². The summed E-state index contributed by atoms with van der Waals surface area (Å²) in [6.45, 7) is 49.5. The van der Waals surface area contributed by atoms with E-state index >= 15 is 8.42 Å². The summed E-state index contributed by atoms with van der Waals surface area (Å²) in [6.07, 6.45) is 0. The van der Waals surface area contributed by atoms with Gasteiger partial charge in [0.25, 0.3) is 0 Å². The van der Waals surface area contributed by atoms with Crippen molar-refractivity contribution in [1.82, 2.24) is 0 Å². The van der Waals surface area contributed by atoms with Crippen molar-refractivity contribution in [3.63, 3.8) is 0 Å². The van der Waals surface area contributed by atoms with Gasteiger partial charge in [0.2, 0.25) is 9.84 Å². The Bertz CT molecular complexity index is 1480. The zero-order valence-electron chi connectivity index (χ0n) is 36.1. The van der Waals surface area contributed by atoms with E-state index in [0.29, 0.717) is 54.3 Å². The van der Waals surface area contributed by atoms with Gasteiger partial charge in [-0.15, -0.1) is 0 Å². The molecule has 0 aliphatic rings. The van der Waals surface area contributed by atoms with Crippen molar-refractivity contribution in [2.75, 3.05) is 0 Å². The second-order valence-electron chi connectivity index (χ2n) is 22.9. The highest BCUT2D eigenvalue weighted by Crippen LogP contribution is 2.58. The van der Waals surface area contributed by atoms with E-state index in [9.17, 15) is 10.2 Å². The molecule has 280 valence electrons. The number of rotatable bonds is 2. The number of hydrogen-bond donors (Lipinski definition) is 2. The van der Waals surface area contributed by atoms with Crippen LogP contribution in [0, 0.1) is 0 Å². The first-order valence-electron chi connectivity index (χ1n) is 18.2. The van der Waals surface area contributed by atoms with E-state index in [-0.39, 0.29) is 11.5 Å². The molecular weight excluding hydrogens is 625 g/mol. The molecule has 0 heterocycles. The SMILES string of the molecule is CC(C)(C)c1c(O)c(C(C)(C)C)c(C(C)(C)C)c(S(=O)(=O)c2c(C(C)(C)C)c(C(C)(C)C)c(O)c(C(C)(C)C)c2C(C)(C)C)c1C(C)(C)C. The van der Waals surface area contributed by atoms with E-state index in [0.717, 1.165) is 0 Å². The van der Waals surface area contributed by atoms with Crippen molar-refractivity contribution >= 4 is 9.84 Å². The van der Waals surface area contributed by atoms with Crippen LogP contribution < -0.4 is 0 Å². The minimum atomic E-state index is -4.38. The summed E-state index contributed by atoms with van der Waals surface area (Å²) in [7, 11) is -4.38. The van der Waals surface area contributed by atoms with Crippen molar-refractivity contribution in [1.29, 1.82) is 0 Å². The predicted molar refractivity (Wildman–Crippen MR) is 211 cm³/mol. The van der Waals surface area contributed by atoms with Crippen molar-refractivity contribution in [2.45, 2.75) is 219 Å². The fourth-order valence-electron chi connectivity index (χ4n) is 7.85. The molecule has 0 radical (unpaired) electrons. The highest BCUT2D eigenvalue weighted by molar-refractivity contribution is 7.91. The summed E-state index contributed by atoms with van der Waals surface area (Å²) < 4.78 is 33.4. The fourth-order valence-corrected chi connectivity index (χ4v) is 10.8. The Morgan fingerprint density at radius 3 is 0.510 bits per heavy atom. The molecule has 0 aromatic heterocycles. The van der Waals surface area contributed by atoms with Crippen molar-refractivity contribution in [3.8, 4) is 11.5 Å². The van der Waals surface area contributed by atoms with Gasteiger partial charge in [0.15, 0.2) is 0 Å². The van der Waals surface area contributed by atoms with Gasteiger partial charge < -0.3 is 10.2 Å². The molecule has 0 atom stereocenters. The van der Waals surface area contributed by atoms with Crippen LogP contribution in [-0.4, -0.2) is 18.6 Å². The van der Waals surface area contributed by atoms with Crippen molar-refractivity contribution in [2.24, 2.45) is 0 Å². The smallest absolute Gasteiger partial charge is 0.207 e. The minimum absolute atomic E-state index is 0.192. The number of phenolic OH excluding ortho intramolecular Hbond substituents is 2. The van der Waals surface area contributed by atoms with Crippen LogP contribution in [0.4, 0.5) is 0 Å². The lowest BCUT2D eigenvalue weighted by atomic mass is 9.66. The van der Waals surface area contributed by atoms with Gasteiger partial charge in [-0.05, 0) is 65.6 Å². The second kappa shape index (κ2) is 12.0. The van der Waals surface area contributed by atoms with Crippen LogP contribution >= 0.6 is 0 Å². The Morgan fingerprint density at radius 2 is 0.408 bits per heavy atom. The first-order valence-corrected chi connectivity index (χ1v) is 19.7. The Morgan fingerprint density at radius 1 is 0.286 bits per heavy atom. The van der Waals surface area contributed by atoms with E-state index in [2.05, 4.69) is 166 Å². The van der Waals surface area contributed by atoms with Gasteiger partial charge in [0, 0.05) is 22.3 Å². The maximum absolute atomic E-state index is 16.7. The predicted octanol–water partition coefficient (Wildman–Crippen LogP) is 12.3. The van der Waals surface area contributed by atoms with E-state index in [1.807, 2.05) is 0 Å². The second-order valence-corrected chi connectivity index (χ2v) is 24.7. The van der Waals surface area contributed by atoms with Gasteiger partial charge in [-0.2, -0.15) is 0 Å². The minimum Gasteiger partial charge on any atom is -0.507 e. The molecule has 2 aromatic rings. The summed E-state index contributed by atoms with van der Waals surface area (Å²) >= 11 is 0. The summed E-state index contributed by atoms with van der Waals surface area (Å²) in [5.41, 5.74) is 0.459. The lowest BCUT2D eigenvalue weighted by Crippen LogP contribution is -2.36. The average molecular weight is 699 g/mol. The zero-order chi connectivity index (χ0) is 39.4. The summed E-state index contributed by atoms with van der Waals surface area (Å²) in [5.74, 6) is 0.384. The molecule has 0 bridgehead atoms. The number of sulfone groups is 1. The third-order valence-electron chi connectivity index (χ3n) is 9.39. The molecule has 5 heteroatoms. The van der Waals surface area contributed by atoms with E-state index in [4.69, 9.17) is 0 Å². The third-order valence-corrected chi connectivity index (χ3v) is 11.3. The van der Waals surface area contributed by atoms with Crippen LogP contribution in [0.15, 0.2) is 9.79 Å². The summed E-state index contributed by atoms with van der Waals surface area (Å²) in [5, 5.41) is 25.0. The molecule has 0 amide bonds. The number of benzene rings is 2. The monoisotopic (exact) mass is 699 g/mol. The number of hydrogen-bond acceptors (Lipinski definition) is 4. The van der Waals surface area contributed by atoms with Gasteiger partial charge in [-0.1, -0.05) is 166 Å². The molecule has 0 aliphatic carbocycles. The zero-order valence-corrected chi connectivity index (χ0v) is 36.9. The molecule has 2 N–H and O–H groups in total. The standard InChI is InChI=1S/C44H74O4S/c1-37(2,3)25-29(41(13,14)15)35(30(42(16,17)18)26(33(25)45)38(4,5)6)49(47,48)36-31(43(19,20)21)27(39(7,8)9)34(46)28(40(10,11)12)32(36)44(22,23)24/h45-46H,1-24H3. The lowest BCUT2D eigenvalue weighted by Gasteiger charge is -2.43. The molecule has 0 spiro atoms. The molecule has 0 unspecified atom stereocenters. The topological polar surface area (TPSA) is 74.6 Å². The highest BCUT2D eigenvalue weighted by Gasteiger charge is 2.49. The largest absolute Gasteiger partial charge is 0.507 e. The summed E-state index contributed by atoms with van der Waals surface area (Å²) in [4.78, 5) is 0.614.